The van der Waals surface area contributed by atoms with Crippen LogP contribution in [0.2, 0.25) is 10.3 Å². The molecule has 71 heavy (non-hydrogen) atoms. The molecule has 10 N–H and O–H groups in total. The molecule has 0 amide bonds. The minimum atomic E-state index is -5.45. The van der Waals surface area contributed by atoms with E-state index in [4.69, 9.17) is 27.8 Å². The summed E-state index contributed by atoms with van der Waals surface area (Å²) in [4.78, 5) is 17.8. The van der Waals surface area contributed by atoms with Gasteiger partial charge in [0, 0.05) is 22.6 Å². The number of hydrogen-bond acceptors (Lipinski definition) is 23. The standard InChI is InChI=1S/C31H25Cl2N9O22S6.Cu/c32-18-3-1-13(7-23(18)68(55,56)57)27(41-39-19-4-2-14(66(49,50)51)8-17(19)28(45)46)42-40-22-11-16(67(52,53)54)10-20(25(22)43)34-30-36-29(33)37-31(38-30)35-21-9-15(12-24(26(21)44)69(58,59)60)65(47,48)6-5-64-70(61,62)63;/h1-4,7-12H,5-6H2,(H11,34,35,36,37,38,39,40,41,42,43,44,45,46,49,50,51,52,53,54,55,56,57,58,59,60,61,62,63);/p-1. The van der Waals surface area contributed by atoms with Crippen LogP contribution in [0.1, 0.15) is 15.9 Å². The average molecular weight is 1200 g/mol. The Morgan fingerprint density at radius 2 is 1.23 bits per heavy atom. The number of amidine groups is 1. The van der Waals surface area contributed by atoms with Crippen LogP contribution in [-0.4, -0.2) is 128 Å². The number of carbonyl (C=O) groups is 1. The number of benzene rings is 4. The monoisotopic (exact) mass is 1200 g/mol. The van der Waals surface area contributed by atoms with Crippen molar-refractivity contribution in [2.75, 3.05) is 23.0 Å². The predicted molar refractivity (Wildman–Crippen MR) is 235 cm³/mol. The fourth-order valence-corrected chi connectivity index (χ4v) is 9.58. The molecule has 40 heteroatoms. The molecule has 0 saturated carbocycles. The summed E-state index contributed by atoms with van der Waals surface area (Å²) in [7, 11) is -30.7. The SMILES string of the molecule is O=C(O)c1cc(S(=O)(=O)O)ccc1N=NC(=N[N-]c1cc(S(=O)(=O)O)cc(Nc2nc(Cl)nc(Nc3cc(S(=O)(=O)CCOS(=O)(=O)O)cc(S(=O)(=O)O)c3O)n2)c1O)c1ccc(Cl)c(S(=O)(=O)O)c1.[Cu]. The first kappa shape index (κ1) is 57.8. The Labute approximate surface area is 419 Å². The number of aromatic nitrogens is 3. The number of phenols is 2. The minimum Gasteiger partial charge on any atom is -0.571 e. The van der Waals surface area contributed by atoms with E-state index in [2.05, 4.69) is 50.5 Å². The Hall–Kier alpha value is -5.81. The van der Waals surface area contributed by atoms with E-state index in [0.717, 1.165) is 24.3 Å². The molecule has 4 aromatic carbocycles. The first-order valence-electron chi connectivity index (χ1n) is 17.4. The number of carboxylic acids is 1. The van der Waals surface area contributed by atoms with E-state index in [0.29, 0.717) is 30.3 Å². The summed E-state index contributed by atoms with van der Waals surface area (Å²) >= 11 is 11.9. The van der Waals surface area contributed by atoms with Crippen LogP contribution >= 0.6 is 23.2 Å². The second kappa shape index (κ2) is 21.5. The first-order valence-corrected chi connectivity index (χ1v) is 26.9. The minimum absolute atomic E-state index is 0. The fourth-order valence-electron chi connectivity index (χ4n) is 5.15. The molecule has 0 atom stereocenters. The summed E-state index contributed by atoms with van der Waals surface area (Å²) in [5.74, 6) is -7.96. The maximum Gasteiger partial charge on any atom is 0.397 e. The molecular weight excluding hydrogens is 1180 g/mol. The number of rotatable bonds is 18. The van der Waals surface area contributed by atoms with Crippen molar-refractivity contribution in [3.63, 3.8) is 0 Å². The van der Waals surface area contributed by atoms with Crippen molar-refractivity contribution in [1.29, 1.82) is 0 Å². The van der Waals surface area contributed by atoms with E-state index in [-0.39, 0.29) is 23.1 Å². The third-order valence-electron chi connectivity index (χ3n) is 8.20. The summed E-state index contributed by atoms with van der Waals surface area (Å²) in [5.41, 5.74) is -0.882. The van der Waals surface area contributed by atoms with Crippen molar-refractivity contribution in [2.24, 2.45) is 15.3 Å². The average Bonchev–Trinajstić information content (AvgIpc) is 3.20. The third-order valence-corrected chi connectivity index (χ3v) is 14.4. The van der Waals surface area contributed by atoms with Crippen LogP contribution in [0.4, 0.5) is 34.6 Å². The van der Waals surface area contributed by atoms with Gasteiger partial charge in [0.05, 0.1) is 49.0 Å². The zero-order chi connectivity index (χ0) is 52.5. The van der Waals surface area contributed by atoms with Crippen molar-refractivity contribution in [1.82, 2.24) is 15.0 Å². The molecule has 1 radical (unpaired) electrons. The summed E-state index contributed by atoms with van der Waals surface area (Å²) in [6.45, 7) is -1.20. The molecule has 0 aliphatic carbocycles. The normalized spacial score (nSPS) is 12.9. The molecule has 0 spiro atoms. The number of hydrogen-bond donors (Lipinski definition) is 10. The van der Waals surface area contributed by atoms with E-state index in [1.54, 1.807) is 0 Å². The number of aromatic carboxylic acids is 1. The zero-order valence-electron chi connectivity index (χ0n) is 33.6. The molecule has 1 aromatic heterocycles. The Morgan fingerprint density at radius 3 is 1.76 bits per heavy atom. The smallest absolute Gasteiger partial charge is 0.397 e. The van der Waals surface area contributed by atoms with Crippen LogP contribution in [0.25, 0.3) is 5.43 Å². The van der Waals surface area contributed by atoms with Crippen molar-refractivity contribution < 1.29 is 115 Å². The van der Waals surface area contributed by atoms with Gasteiger partial charge in [-0.1, -0.05) is 23.4 Å². The van der Waals surface area contributed by atoms with Gasteiger partial charge in [-0.3, -0.25) is 22.8 Å². The van der Waals surface area contributed by atoms with Gasteiger partial charge in [-0.25, -0.2) is 17.4 Å². The quantitative estimate of drug-likeness (QED) is 0.0114. The van der Waals surface area contributed by atoms with E-state index in [9.17, 15) is 88.8 Å². The van der Waals surface area contributed by atoms with Gasteiger partial charge in [-0.2, -0.15) is 57.0 Å². The van der Waals surface area contributed by atoms with Gasteiger partial charge in [0.1, 0.15) is 21.2 Å². The summed E-state index contributed by atoms with van der Waals surface area (Å²) in [5, 5.41) is 45.9. The van der Waals surface area contributed by atoms with Crippen molar-refractivity contribution >= 4 is 130 Å². The van der Waals surface area contributed by atoms with Gasteiger partial charge < -0.3 is 36.5 Å². The molecule has 0 aliphatic rings. The van der Waals surface area contributed by atoms with Gasteiger partial charge in [-0.05, 0) is 66.2 Å². The Kier molecular flexibility index (Phi) is 17.5. The van der Waals surface area contributed by atoms with Crippen LogP contribution in [0.3, 0.4) is 0 Å². The van der Waals surface area contributed by atoms with Crippen LogP contribution in [0, 0.1) is 0 Å². The van der Waals surface area contributed by atoms with Gasteiger partial charge in [-0.15, -0.1) is 10.2 Å². The predicted octanol–water partition coefficient (Wildman–Crippen LogP) is 3.50. The van der Waals surface area contributed by atoms with Crippen molar-refractivity contribution in [3.8, 4) is 11.5 Å². The molecule has 0 aliphatic heterocycles. The number of aromatic hydroxyl groups is 2. The van der Waals surface area contributed by atoms with Crippen LogP contribution in [0.15, 0.2) is 100 Å². The number of azo groups is 1. The summed E-state index contributed by atoms with van der Waals surface area (Å²) in [6, 6.07) is 6.38. The third kappa shape index (κ3) is 15.1. The molecular formula is C31H24Cl2CuN9O22S6-. The molecule has 0 fully saturated rings. The van der Waals surface area contributed by atoms with Crippen LogP contribution in [0.5, 0.6) is 11.5 Å². The number of nitrogens with one attached hydrogen (secondary N) is 2. The Morgan fingerprint density at radius 1 is 0.662 bits per heavy atom. The largest absolute Gasteiger partial charge is 0.571 e. The Balaban J connectivity index is 0.0000110. The van der Waals surface area contributed by atoms with E-state index >= 15 is 0 Å². The fraction of sp³-hybridized carbons (Fsp3) is 0.0645. The molecule has 0 bridgehead atoms. The Bertz CT molecular complexity index is 3760. The van der Waals surface area contributed by atoms with E-state index in [1.165, 1.54) is 0 Å². The van der Waals surface area contributed by atoms with E-state index < -0.39 is 177 Å². The number of halogens is 2. The first-order chi connectivity index (χ1) is 32.0. The molecule has 0 saturated heterocycles. The van der Waals surface area contributed by atoms with Gasteiger partial charge in [0.25, 0.3) is 40.5 Å². The molecule has 5 aromatic rings. The number of nitrogens with zero attached hydrogens (tertiary/aromatic N) is 7. The molecule has 387 valence electrons. The zero-order valence-corrected chi connectivity index (χ0v) is 41.0. The number of sulfone groups is 1. The van der Waals surface area contributed by atoms with Crippen LogP contribution < -0.4 is 10.6 Å². The van der Waals surface area contributed by atoms with Gasteiger partial charge in [0.15, 0.2) is 21.4 Å². The van der Waals surface area contributed by atoms with Crippen molar-refractivity contribution in [2.45, 2.75) is 24.5 Å². The second-order valence-electron chi connectivity index (χ2n) is 13.0. The van der Waals surface area contributed by atoms with Gasteiger partial charge >= 0.3 is 16.4 Å². The molecule has 1 heterocycles. The molecule has 31 nitrogen and oxygen atoms in total. The van der Waals surface area contributed by atoms with Gasteiger partial charge in [0.2, 0.25) is 17.2 Å². The maximum atomic E-state index is 13.0. The van der Waals surface area contributed by atoms with E-state index in [1.807, 2.05) is 0 Å². The molecule has 0 unspecified atom stereocenters. The van der Waals surface area contributed by atoms with Crippen molar-refractivity contribution in [3.05, 3.63) is 87.5 Å². The molecule has 5 rings (SSSR count). The summed E-state index contributed by atoms with van der Waals surface area (Å²) < 4.78 is 196. The van der Waals surface area contributed by atoms with Crippen LogP contribution in [-0.2, 0) is 82.0 Å². The summed E-state index contributed by atoms with van der Waals surface area (Å²) in [6.07, 6.45) is 0. The maximum absolute atomic E-state index is 13.0. The topological polar surface area (TPSA) is 507 Å². The number of phenolic OH excluding ortho intramolecular Hbond substituents is 2. The number of anilines is 4. The number of carboxylic acid groups (broad SMARTS) is 1. The second-order valence-corrected chi connectivity index (χ2v) is 22.5.